The van der Waals surface area contributed by atoms with Gasteiger partial charge >= 0.3 is 0 Å². The third kappa shape index (κ3) is 4.02. The summed E-state index contributed by atoms with van der Waals surface area (Å²) in [6.45, 7) is 6.85. The highest BCUT2D eigenvalue weighted by Crippen LogP contribution is 2.27. The first-order valence-electron chi connectivity index (χ1n) is 9.80. The molecular formula is C20H23F2N5OS. The summed E-state index contributed by atoms with van der Waals surface area (Å²) in [5, 5.41) is 5.22. The molecule has 0 amide bonds. The van der Waals surface area contributed by atoms with Gasteiger partial charge in [-0.15, -0.1) is 5.10 Å². The molecule has 2 aromatic heterocycles. The Hall–Kier alpha value is -2.39. The van der Waals surface area contributed by atoms with Crippen LogP contribution in [0.25, 0.3) is 4.96 Å². The average Bonchev–Trinajstić information content (AvgIpc) is 3.13. The van der Waals surface area contributed by atoms with Crippen molar-refractivity contribution in [2.24, 2.45) is 0 Å². The number of fused-ring (bicyclic) bond motifs is 1. The van der Waals surface area contributed by atoms with Crippen molar-refractivity contribution >= 4 is 21.4 Å². The molecule has 1 saturated heterocycles. The molecule has 1 unspecified atom stereocenters. The number of halogens is 2. The van der Waals surface area contributed by atoms with Crippen molar-refractivity contribution in [1.82, 2.24) is 19.5 Å². The van der Waals surface area contributed by atoms with Gasteiger partial charge in [0, 0.05) is 55.6 Å². The highest BCUT2D eigenvalue weighted by molar-refractivity contribution is 7.20. The largest absolute Gasteiger partial charge is 0.344 e. The van der Waals surface area contributed by atoms with Crippen molar-refractivity contribution in [3.8, 4) is 0 Å². The second-order valence-corrected chi connectivity index (χ2v) is 8.21. The van der Waals surface area contributed by atoms with Gasteiger partial charge in [-0.1, -0.05) is 30.7 Å². The van der Waals surface area contributed by atoms with E-state index in [0.29, 0.717) is 23.6 Å². The molecule has 1 aromatic carbocycles. The van der Waals surface area contributed by atoms with Crippen LogP contribution < -0.4 is 10.5 Å². The maximum atomic E-state index is 14.1. The number of hydrogen-bond acceptors (Lipinski definition) is 6. The number of aryl methyl sites for hydroxylation is 1. The number of piperazine rings is 1. The number of hydrogen-bond donors (Lipinski definition) is 0. The molecule has 3 aromatic rings. The molecule has 9 heteroatoms. The van der Waals surface area contributed by atoms with E-state index in [0.717, 1.165) is 42.8 Å². The normalized spacial score (nSPS) is 16.5. The molecule has 1 atom stereocenters. The van der Waals surface area contributed by atoms with Crippen molar-refractivity contribution in [3.63, 3.8) is 0 Å². The SMILES string of the molecule is CCCc1cc(=O)n2nc(N3CCN(C(C)c4ccc(F)cc4F)CC3)sc2n1. The van der Waals surface area contributed by atoms with Gasteiger partial charge in [0.2, 0.25) is 10.1 Å². The summed E-state index contributed by atoms with van der Waals surface area (Å²) in [5.74, 6) is -1.08. The molecule has 0 spiro atoms. The van der Waals surface area contributed by atoms with Gasteiger partial charge < -0.3 is 4.90 Å². The molecule has 0 N–H and O–H groups in total. The Morgan fingerprint density at radius 1 is 1.17 bits per heavy atom. The molecule has 0 bridgehead atoms. The van der Waals surface area contributed by atoms with E-state index in [2.05, 4.69) is 26.8 Å². The number of anilines is 1. The summed E-state index contributed by atoms with van der Waals surface area (Å²) in [7, 11) is 0. The van der Waals surface area contributed by atoms with Crippen molar-refractivity contribution in [2.75, 3.05) is 31.1 Å². The molecule has 3 heterocycles. The Balaban J connectivity index is 1.48. The summed E-state index contributed by atoms with van der Waals surface area (Å²) in [6.07, 6.45) is 1.71. The fraction of sp³-hybridized carbons (Fsp3) is 0.450. The molecule has 1 fully saturated rings. The maximum absolute atomic E-state index is 14.1. The van der Waals surface area contributed by atoms with E-state index >= 15 is 0 Å². The summed E-state index contributed by atoms with van der Waals surface area (Å²) < 4.78 is 28.7. The van der Waals surface area contributed by atoms with E-state index in [-0.39, 0.29) is 11.6 Å². The number of rotatable bonds is 5. The Kier molecular flexibility index (Phi) is 5.60. The van der Waals surface area contributed by atoms with Crippen molar-refractivity contribution in [2.45, 2.75) is 32.7 Å². The number of benzene rings is 1. The van der Waals surface area contributed by atoms with E-state index in [1.807, 2.05) is 6.92 Å². The fourth-order valence-electron chi connectivity index (χ4n) is 3.70. The first-order valence-corrected chi connectivity index (χ1v) is 10.6. The predicted molar refractivity (Wildman–Crippen MR) is 110 cm³/mol. The van der Waals surface area contributed by atoms with Gasteiger partial charge in [0.05, 0.1) is 0 Å². The third-order valence-electron chi connectivity index (χ3n) is 5.34. The minimum Gasteiger partial charge on any atom is -0.344 e. The van der Waals surface area contributed by atoms with Gasteiger partial charge in [0.15, 0.2) is 0 Å². The van der Waals surface area contributed by atoms with E-state index in [1.54, 1.807) is 6.07 Å². The van der Waals surface area contributed by atoms with E-state index in [9.17, 15) is 13.6 Å². The number of aromatic nitrogens is 3. The van der Waals surface area contributed by atoms with Crippen molar-refractivity contribution in [1.29, 1.82) is 0 Å². The molecule has 1 aliphatic heterocycles. The molecule has 0 aliphatic carbocycles. The first-order chi connectivity index (χ1) is 14.0. The molecule has 4 rings (SSSR count). The summed E-state index contributed by atoms with van der Waals surface area (Å²) >= 11 is 1.41. The van der Waals surface area contributed by atoms with Crippen LogP contribution >= 0.6 is 11.3 Å². The Labute approximate surface area is 171 Å². The zero-order valence-corrected chi connectivity index (χ0v) is 17.3. The van der Waals surface area contributed by atoms with Crippen LogP contribution in [-0.4, -0.2) is 45.7 Å². The van der Waals surface area contributed by atoms with Gasteiger partial charge in [-0.3, -0.25) is 9.69 Å². The van der Waals surface area contributed by atoms with Gasteiger partial charge in [-0.2, -0.15) is 4.52 Å². The second kappa shape index (κ2) is 8.16. The Bertz CT molecular complexity index is 1070. The van der Waals surface area contributed by atoms with Gasteiger partial charge in [0.25, 0.3) is 5.56 Å². The van der Waals surface area contributed by atoms with Crippen molar-refractivity contribution < 1.29 is 8.78 Å². The quantitative estimate of drug-likeness (QED) is 0.635. The lowest BCUT2D eigenvalue weighted by Gasteiger charge is -2.38. The van der Waals surface area contributed by atoms with Crippen LogP contribution in [0, 0.1) is 11.6 Å². The zero-order chi connectivity index (χ0) is 20.5. The van der Waals surface area contributed by atoms with Crippen molar-refractivity contribution in [3.05, 3.63) is 57.5 Å². The van der Waals surface area contributed by atoms with Crippen LogP contribution in [0.1, 0.15) is 37.6 Å². The lowest BCUT2D eigenvalue weighted by molar-refractivity contribution is 0.195. The van der Waals surface area contributed by atoms with Crippen LogP contribution in [0.4, 0.5) is 13.9 Å². The average molecular weight is 420 g/mol. The smallest absolute Gasteiger partial charge is 0.275 e. The predicted octanol–water partition coefficient (Wildman–Crippen LogP) is 3.26. The lowest BCUT2D eigenvalue weighted by atomic mass is 10.1. The maximum Gasteiger partial charge on any atom is 0.275 e. The second-order valence-electron chi connectivity index (χ2n) is 7.28. The van der Waals surface area contributed by atoms with Gasteiger partial charge in [0.1, 0.15) is 11.6 Å². The summed E-state index contributed by atoms with van der Waals surface area (Å²) in [6, 6.07) is 5.15. The fourth-order valence-corrected chi connectivity index (χ4v) is 4.67. The molecule has 0 radical (unpaired) electrons. The van der Waals surface area contributed by atoms with E-state index in [4.69, 9.17) is 0 Å². The molecule has 6 nitrogen and oxygen atoms in total. The molecular weight excluding hydrogens is 396 g/mol. The van der Waals surface area contributed by atoms with E-state index < -0.39 is 11.6 Å². The van der Waals surface area contributed by atoms with Gasteiger partial charge in [-0.05, 0) is 19.4 Å². The summed E-state index contributed by atoms with van der Waals surface area (Å²) in [4.78, 5) is 21.8. The minimum atomic E-state index is -0.565. The number of nitrogens with zero attached hydrogens (tertiary/aromatic N) is 5. The van der Waals surface area contributed by atoms with Crippen LogP contribution in [0.5, 0.6) is 0 Å². The Morgan fingerprint density at radius 3 is 2.62 bits per heavy atom. The molecule has 29 heavy (non-hydrogen) atoms. The highest BCUT2D eigenvalue weighted by atomic mass is 32.1. The topological polar surface area (TPSA) is 53.7 Å². The van der Waals surface area contributed by atoms with Crippen LogP contribution in [0.15, 0.2) is 29.1 Å². The third-order valence-corrected chi connectivity index (χ3v) is 6.31. The zero-order valence-electron chi connectivity index (χ0n) is 16.4. The van der Waals surface area contributed by atoms with Gasteiger partial charge in [-0.25, -0.2) is 13.8 Å². The van der Waals surface area contributed by atoms with Crippen LogP contribution in [-0.2, 0) is 6.42 Å². The standard InChI is InChI=1S/C20H23F2N5OS/c1-3-4-15-12-18(28)27-19(23-15)29-20(24-27)26-9-7-25(8-10-26)13(2)16-6-5-14(21)11-17(16)22/h5-6,11-13H,3-4,7-10H2,1-2H3. The van der Waals surface area contributed by atoms with Crippen LogP contribution in [0.3, 0.4) is 0 Å². The Morgan fingerprint density at radius 2 is 1.93 bits per heavy atom. The van der Waals surface area contributed by atoms with Crippen LogP contribution in [0.2, 0.25) is 0 Å². The minimum absolute atomic E-state index is 0.144. The first kappa shape index (κ1) is 19.9. The highest BCUT2D eigenvalue weighted by Gasteiger charge is 2.26. The summed E-state index contributed by atoms with van der Waals surface area (Å²) in [5.41, 5.74) is 1.15. The molecule has 0 saturated carbocycles. The molecule has 1 aliphatic rings. The molecule has 154 valence electrons. The van der Waals surface area contributed by atoms with E-state index in [1.165, 1.54) is 28.0 Å². The monoisotopic (exact) mass is 419 g/mol. The lowest BCUT2D eigenvalue weighted by Crippen LogP contribution is -2.47.